The number of hydrogen-bond acceptors (Lipinski definition) is 0. The molecule has 17 heavy (non-hydrogen) atoms. The molecule has 1 atom stereocenters. The van der Waals surface area contributed by atoms with Crippen LogP contribution in [0, 0.1) is 0 Å². The lowest BCUT2D eigenvalue weighted by molar-refractivity contribution is 0.598. The van der Waals surface area contributed by atoms with Gasteiger partial charge in [0.1, 0.15) is 0 Å². The van der Waals surface area contributed by atoms with E-state index >= 15 is 0 Å². The van der Waals surface area contributed by atoms with Gasteiger partial charge in [0.2, 0.25) is 0 Å². The van der Waals surface area contributed by atoms with Crippen molar-refractivity contribution in [3.05, 3.63) is 35.9 Å². The second-order valence-electron chi connectivity index (χ2n) is 5.84. The van der Waals surface area contributed by atoms with Crippen molar-refractivity contribution in [3.63, 3.8) is 0 Å². The van der Waals surface area contributed by atoms with Gasteiger partial charge in [0.15, 0.2) is 0 Å². The maximum atomic E-state index is 2.48. The molecule has 1 aromatic carbocycles. The molecular weight excluding hydrogens is 203 g/mol. The van der Waals surface area contributed by atoms with Gasteiger partial charge in [-0.2, -0.15) is 19.0 Å². The smallest absolute Gasteiger partial charge is 0.0103 e. The number of rotatable bonds is 6. The number of hydrogen-bond donors (Lipinski definition) is 0. The molecule has 0 saturated heterocycles. The Hall–Kier alpha value is -0.715. The molecule has 0 bridgehead atoms. The van der Waals surface area contributed by atoms with Crippen LogP contribution in [-0.2, 0) is 5.31 Å². The summed E-state index contributed by atoms with van der Waals surface area (Å²) in [7, 11) is 0. The van der Waals surface area contributed by atoms with Crippen molar-refractivity contribution >= 4 is 6.15 Å². The van der Waals surface area contributed by atoms with Gasteiger partial charge in [0, 0.05) is 6.15 Å². The molecule has 0 heterocycles. The summed E-state index contributed by atoms with van der Waals surface area (Å²) < 4.78 is 0. The highest BCUT2D eigenvalue weighted by molar-refractivity contribution is 6.82. The van der Waals surface area contributed by atoms with Crippen LogP contribution in [0.25, 0.3) is 0 Å². The van der Waals surface area contributed by atoms with Crippen LogP contribution in [0.2, 0.25) is 19.0 Å². The van der Waals surface area contributed by atoms with E-state index in [9.17, 15) is 0 Å². The minimum atomic E-state index is -0.307. The fraction of sp³-hybridized carbons (Fsp3) is 0.625. The first kappa shape index (κ1) is 14.3. The van der Waals surface area contributed by atoms with Gasteiger partial charge in [0.05, 0.1) is 0 Å². The predicted octanol–water partition coefficient (Wildman–Crippen LogP) is 5.40. The molecule has 96 valence electrons. The molecule has 1 rings (SSSR count). The third-order valence-electron chi connectivity index (χ3n) is 5.86. The quantitative estimate of drug-likeness (QED) is 0.575. The summed E-state index contributed by atoms with van der Waals surface area (Å²) in [5, 5.41) is 0.361. The molecule has 0 amide bonds. The van der Waals surface area contributed by atoms with Gasteiger partial charge in [-0.25, -0.2) is 0 Å². The summed E-state index contributed by atoms with van der Waals surface area (Å²) in [5.74, 6) is 0. The molecule has 1 unspecified atom stereocenters. The summed E-state index contributed by atoms with van der Waals surface area (Å²) in [6, 6.07) is 11.1. The molecule has 0 fully saturated rings. The fourth-order valence-electron chi connectivity index (χ4n) is 4.03. The molecule has 0 spiro atoms. The Kier molecular flexibility index (Phi) is 4.85. The van der Waals surface area contributed by atoms with Gasteiger partial charge < -0.3 is 0 Å². The molecule has 0 N–H and O–H groups in total. The largest absolute Gasteiger partial charge is 0.180 e. The highest BCUT2D eigenvalue weighted by Crippen LogP contribution is 2.43. The minimum Gasteiger partial charge on any atom is -0.180 e. The van der Waals surface area contributed by atoms with Crippen molar-refractivity contribution in [2.24, 2.45) is 0 Å². The molecule has 0 aromatic heterocycles. The molecular formula is C16H28B-. The summed E-state index contributed by atoms with van der Waals surface area (Å²) in [5.41, 5.74) is 1.54. The second kappa shape index (κ2) is 5.75. The zero-order chi connectivity index (χ0) is 12.9. The summed E-state index contributed by atoms with van der Waals surface area (Å²) >= 11 is 0. The van der Waals surface area contributed by atoms with Crippen molar-refractivity contribution in [2.75, 3.05) is 0 Å². The standard InChI is InChI=1S/C16H28B/c1-6-16(5,15-13-11-10-12-14-15)17(7-2,8-3)9-4/h10-14H,6-9H2,1-5H3/q-1. The summed E-state index contributed by atoms with van der Waals surface area (Å²) in [6.07, 6.45) is 4.91. The first-order valence-electron chi connectivity index (χ1n) is 7.36. The van der Waals surface area contributed by atoms with Gasteiger partial charge in [0.25, 0.3) is 0 Å². The lowest BCUT2D eigenvalue weighted by atomic mass is 9.09. The maximum absolute atomic E-state index is 2.48. The molecule has 0 aliphatic rings. The molecule has 1 heteroatoms. The molecule has 0 aliphatic carbocycles. The summed E-state index contributed by atoms with van der Waals surface area (Å²) in [4.78, 5) is 0. The van der Waals surface area contributed by atoms with Gasteiger partial charge in [-0.1, -0.05) is 76.9 Å². The van der Waals surface area contributed by atoms with Crippen molar-refractivity contribution in [1.29, 1.82) is 0 Å². The van der Waals surface area contributed by atoms with Gasteiger partial charge >= 0.3 is 0 Å². The second-order valence-corrected chi connectivity index (χ2v) is 5.84. The van der Waals surface area contributed by atoms with Crippen molar-refractivity contribution in [3.8, 4) is 0 Å². The highest BCUT2D eigenvalue weighted by atomic mass is 14.3. The van der Waals surface area contributed by atoms with E-state index in [0.29, 0.717) is 5.31 Å². The van der Waals surface area contributed by atoms with Crippen LogP contribution in [0.4, 0.5) is 0 Å². The lowest BCUT2D eigenvalue weighted by Gasteiger charge is -2.54. The van der Waals surface area contributed by atoms with Crippen LogP contribution in [0.1, 0.15) is 46.6 Å². The van der Waals surface area contributed by atoms with Gasteiger partial charge in [-0.15, -0.1) is 5.31 Å². The SMILES string of the molecule is CC[B-](CC)(CC)C(C)(CC)c1ccccc1. The zero-order valence-corrected chi connectivity index (χ0v) is 12.3. The third-order valence-corrected chi connectivity index (χ3v) is 5.86. The maximum Gasteiger partial charge on any atom is 0.0103 e. The Morgan fingerprint density at radius 2 is 1.35 bits per heavy atom. The van der Waals surface area contributed by atoms with E-state index < -0.39 is 0 Å². The fourth-order valence-corrected chi connectivity index (χ4v) is 4.03. The molecule has 0 saturated carbocycles. The van der Waals surface area contributed by atoms with Crippen LogP contribution in [0.15, 0.2) is 30.3 Å². The minimum absolute atomic E-state index is 0.307. The van der Waals surface area contributed by atoms with Crippen molar-refractivity contribution in [2.45, 2.75) is 65.3 Å². The Bertz CT molecular complexity index is 318. The first-order valence-corrected chi connectivity index (χ1v) is 7.36. The van der Waals surface area contributed by atoms with E-state index in [-0.39, 0.29) is 6.15 Å². The normalized spacial score (nSPS) is 15.6. The van der Waals surface area contributed by atoms with Crippen LogP contribution in [0.3, 0.4) is 0 Å². The topological polar surface area (TPSA) is 0 Å². The van der Waals surface area contributed by atoms with Crippen molar-refractivity contribution in [1.82, 2.24) is 0 Å². The average Bonchev–Trinajstić information content (AvgIpc) is 2.42. The van der Waals surface area contributed by atoms with Crippen molar-refractivity contribution < 1.29 is 0 Å². The van der Waals surface area contributed by atoms with E-state index in [2.05, 4.69) is 65.0 Å². The van der Waals surface area contributed by atoms with Crippen LogP contribution < -0.4 is 0 Å². The number of benzene rings is 1. The Labute approximate surface area is 108 Å². The first-order chi connectivity index (χ1) is 8.10. The molecule has 0 nitrogen and oxygen atoms in total. The highest BCUT2D eigenvalue weighted by Gasteiger charge is 2.37. The van der Waals surface area contributed by atoms with E-state index in [1.165, 1.54) is 30.9 Å². The Morgan fingerprint density at radius 3 is 1.71 bits per heavy atom. The molecule has 0 radical (unpaired) electrons. The zero-order valence-electron chi connectivity index (χ0n) is 12.3. The third kappa shape index (κ3) is 2.29. The van der Waals surface area contributed by atoms with E-state index in [1.807, 2.05) is 0 Å². The lowest BCUT2D eigenvalue weighted by Crippen LogP contribution is -2.52. The van der Waals surface area contributed by atoms with E-state index in [0.717, 1.165) is 0 Å². The van der Waals surface area contributed by atoms with Gasteiger partial charge in [-0.05, 0) is 0 Å². The van der Waals surface area contributed by atoms with Gasteiger partial charge in [-0.3, -0.25) is 0 Å². The van der Waals surface area contributed by atoms with E-state index in [4.69, 9.17) is 0 Å². The predicted molar refractivity (Wildman–Crippen MR) is 81.3 cm³/mol. The summed E-state index contributed by atoms with van der Waals surface area (Å²) in [6.45, 7) is 12.0. The van der Waals surface area contributed by atoms with Crippen LogP contribution >= 0.6 is 0 Å². The Morgan fingerprint density at radius 1 is 0.882 bits per heavy atom. The van der Waals surface area contributed by atoms with Crippen LogP contribution in [0.5, 0.6) is 0 Å². The average molecular weight is 231 g/mol. The molecule has 1 aromatic rings. The van der Waals surface area contributed by atoms with E-state index in [1.54, 1.807) is 0 Å². The Balaban J connectivity index is 3.28. The molecule has 0 aliphatic heterocycles. The monoisotopic (exact) mass is 231 g/mol. The van der Waals surface area contributed by atoms with Crippen LogP contribution in [-0.4, -0.2) is 6.15 Å².